The minimum absolute atomic E-state index is 0.253. The molecule has 0 aliphatic carbocycles. The highest BCUT2D eigenvalue weighted by Crippen LogP contribution is 2.36. The lowest BCUT2D eigenvalue weighted by atomic mass is 9.76. The molecule has 2 heterocycles. The summed E-state index contributed by atoms with van der Waals surface area (Å²) in [4.78, 5) is 15.2. The molecule has 2 bridgehead atoms. The van der Waals surface area contributed by atoms with E-state index in [1.54, 1.807) is 7.11 Å². The van der Waals surface area contributed by atoms with Crippen molar-refractivity contribution in [3.63, 3.8) is 0 Å². The predicted molar refractivity (Wildman–Crippen MR) is 83.6 cm³/mol. The van der Waals surface area contributed by atoms with Crippen molar-refractivity contribution in [1.29, 1.82) is 0 Å². The number of benzene rings is 1. The Labute approximate surface area is 127 Å². The van der Waals surface area contributed by atoms with Gasteiger partial charge in [0.25, 0.3) is 0 Å². The maximum absolute atomic E-state index is 12.6. The van der Waals surface area contributed by atoms with Gasteiger partial charge in [0.15, 0.2) is 0 Å². The second kappa shape index (κ2) is 6.18. The number of hydrogen-bond donors (Lipinski definition) is 0. The van der Waals surface area contributed by atoms with E-state index in [2.05, 4.69) is 11.9 Å². The van der Waals surface area contributed by atoms with Gasteiger partial charge in [-0.05, 0) is 50.4 Å². The predicted octanol–water partition coefficient (Wildman–Crippen LogP) is 3.07. The van der Waals surface area contributed by atoms with Gasteiger partial charge in [-0.1, -0.05) is 18.6 Å². The normalized spacial score (nSPS) is 29.1. The largest absolute Gasteiger partial charge is 0.497 e. The van der Waals surface area contributed by atoms with Crippen LogP contribution in [0.25, 0.3) is 0 Å². The number of Topliss-reactive ketones (excluding diaryl/α,β-unsaturated/α-hetero) is 1. The van der Waals surface area contributed by atoms with Gasteiger partial charge < -0.3 is 9.64 Å². The fraction of sp³-hybridized carbons (Fsp3) is 0.611. The molecule has 3 rings (SSSR count). The third-order valence-electron chi connectivity index (χ3n) is 5.31. The molecule has 1 aromatic carbocycles. The smallest absolute Gasteiger partial charge is 0.140 e. The highest BCUT2D eigenvalue weighted by molar-refractivity contribution is 5.83. The van der Waals surface area contributed by atoms with E-state index in [0.717, 1.165) is 24.2 Å². The third kappa shape index (κ3) is 3.13. The van der Waals surface area contributed by atoms with E-state index in [1.807, 2.05) is 24.3 Å². The zero-order valence-corrected chi connectivity index (χ0v) is 13.0. The number of hydrogen-bond acceptors (Lipinski definition) is 3. The highest BCUT2D eigenvalue weighted by atomic mass is 16.5. The molecule has 2 aliphatic rings. The molecule has 2 fully saturated rings. The van der Waals surface area contributed by atoms with E-state index in [9.17, 15) is 4.79 Å². The van der Waals surface area contributed by atoms with Crippen molar-refractivity contribution in [2.24, 2.45) is 5.92 Å². The average molecular weight is 287 g/mol. The van der Waals surface area contributed by atoms with Crippen LogP contribution in [0.15, 0.2) is 24.3 Å². The molecule has 2 unspecified atom stereocenters. The van der Waals surface area contributed by atoms with Crippen LogP contribution in [0.1, 0.15) is 37.7 Å². The molecule has 3 heteroatoms. The Morgan fingerprint density at radius 3 is 2.67 bits per heavy atom. The quantitative estimate of drug-likeness (QED) is 0.852. The van der Waals surface area contributed by atoms with Crippen LogP contribution in [0.3, 0.4) is 0 Å². The first kappa shape index (κ1) is 14.6. The number of carbonyl (C=O) groups is 1. The molecule has 2 atom stereocenters. The fourth-order valence-electron chi connectivity index (χ4n) is 4.01. The average Bonchev–Trinajstić information content (AvgIpc) is 2.47. The number of ketones is 1. The van der Waals surface area contributed by atoms with Crippen molar-refractivity contribution in [3.05, 3.63) is 29.8 Å². The first-order valence-electron chi connectivity index (χ1n) is 8.05. The minimum Gasteiger partial charge on any atom is -0.497 e. The summed E-state index contributed by atoms with van der Waals surface area (Å²) in [7, 11) is 3.90. The summed E-state index contributed by atoms with van der Waals surface area (Å²) in [5.74, 6) is 1.50. The zero-order chi connectivity index (χ0) is 14.8. The van der Waals surface area contributed by atoms with E-state index in [1.165, 1.54) is 19.3 Å². The van der Waals surface area contributed by atoms with Crippen LogP contribution < -0.4 is 4.74 Å². The summed E-state index contributed by atoms with van der Waals surface area (Å²) < 4.78 is 5.24. The molecule has 0 spiro atoms. The van der Waals surface area contributed by atoms with Gasteiger partial charge in [-0.2, -0.15) is 0 Å². The number of ether oxygens (including phenoxy) is 1. The van der Waals surface area contributed by atoms with Crippen LogP contribution in [-0.2, 0) is 11.2 Å². The van der Waals surface area contributed by atoms with Crippen molar-refractivity contribution in [2.45, 2.75) is 50.6 Å². The molecular weight excluding hydrogens is 262 g/mol. The first-order valence-corrected chi connectivity index (χ1v) is 8.05. The van der Waals surface area contributed by atoms with Gasteiger partial charge in [0, 0.05) is 24.4 Å². The molecule has 2 aliphatic heterocycles. The van der Waals surface area contributed by atoms with E-state index >= 15 is 0 Å². The lowest BCUT2D eigenvalue weighted by Gasteiger charge is -2.46. The molecule has 114 valence electrons. The van der Waals surface area contributed by atoms with Gasteiger partial charge in [-0.15, -0.1) is 0 Å². The summed E-state index contributed by atoms with van der Waals surface area (Å²) in [5, 5.41) is 0. The second-order valence-corrected chi connectivity index (χ2v) is 6.57. The van der Waals surface area contributed by atoms with E-state index in [-0.39, 0.29) is 5.92 Å². The SMILES string of the molecule is COc1cccc(CC(=O)C2CC3CCCC(C2)N3C)c1. The molecular formula is C18H25NO2. The highest BCUT2D eigenvalue weighted by Gasteiger charge is 2.38. The number of methoxy groups -OCH3 is 1. The van der Waals surface area contributed by atoms with Gasteiger partial charge in [-0.25, -0.2) is 0 Å². The van der Waals surface area contributed by atoms with E-state index in [4.69, 9.17) is 4.74 Å². The van der Waals surface area contributed by atoms with Gasteiger partial charge in [0.2, 0.25) is 0 Å². The van der Waals surface area contributed by atoms with Gasteiger partial charge in [0.05, 0.1) is 7.11 Å². The Morgan fingerprint density at radius 2 is 2.00 bits per heavy atom. The topological polar surface area (TPSA) is 29.5 Å². The van der Waals surface area contributed by atoms with Crippen LogP contribution >= 0.6 is 0 Å². The summed E-state index contributed by atoms with van der Waals surface area (Å²) in [6.45, 7) is 0. The number of carbonyl (C=O) groups excluding carboxylic acids is 1. The first-order chi connectivity index (χ1) is 10.2. The molecule has 2 saturated heterocycles. The van der Waals surface area contributed by atoms with E-state index < -0.39 is 0 Å². The van der Waals surface area contributed by atoms with E-state index in [0.29, 0.717) is 24.3 Å². The standard InChI is InChI=1S/C18H25NO2/c1-19-15-6-4-7-16(19)12-14(11-15)18(20)10-13-5-3-8-17(9-13)21-2/h3,5,8-9,14-16H,4,6-7,10-12H2,1-2H3. The number of nitrogens with zero attached hydrogens (tertiary/aromatic N) is 1. The number of rotatable bonds is 4. The van der Waals surface area contributed by atoms with Crippen molar-refractivity contribution >= 4 is 5.78 Å². The maximum Gasteiger partial charge on any atom is 0.140 e. The lowest BCUT2D eigenvalue weighted by Crippen LogP contribution is -2.51. The summed E-state index contributed by atoms with van der Waals surface area (Å²) in [6.07, 6.45) is 6.50. The van der Waals surface area contributed by atoms with Crippen LogP contribution in [0, 0.1) is 5.92 Å². The molecule has 0 saturated carbocycles. The van der Waals surface area contributed by atoms with Crippen LogP contribution in [0.4, 0.5) is 0 Å². The summed E-state index contributed by atoms with van der Waals surface area (Å²) >= 11 is 0. The Balaban J connectivity index is 1.65. The summed E-state index contributed by atoms with van der Waals surface area (Å²) in [5.41, 5.74) is 1.07. The molecule has 21 heavy (non-hydrogen) atoms. The Bertz CT molecular complexity index is 500. The van der Waals surface area contributed by atoms with Crippen LogP contribution in [0.2, 0.25) is 0 Å². The molecule has 0 aromatic heterocycles. The Morgan fingerprint density at radius 1 is 1.29 bits per heavy atom. The van der Waals surface area contributed by atoms with Crippen LogP contribution in [-0.4, -0.2) is 36.9 Å². The second-order valence-electron chi connectivity index (χ2n) is 6.57. The molecule has 3 nitrogen and oxygen atoms in total. The maximum atomic E-state index is 12.6. The molecule has 0 radical (unpaired) electrons. The van der Waals surface area contributed by atoms with Crippen LogP contribution in [0.5, 0.6) is 5.75 Å². The minimum atomic E-state index is 0.253. The number of fused-ring (bicyclic) bond motifs is 2. The third-order valence-corrected chi connectivity index (χ3v) is 5.31. The Hall–Kier alpha value is -1.35. The van der Waals surface area contributed by atoms with Crippen molar-refractivity contribution in [1.82, 2.24) is 4.90 Å². The zero-order valence-electron chi connectivity index (χ0n) is 13.0. The van der Waals surface area contributed by atoms with Gasteiger partial charge in [-0.3, -0.25) is 4.79 Å². The van der Waals surface area contributed by atoms with Crippen molar-refractivity contribution in [2.75, 3.05) is 14.2 Å². The molecule has 1 aromatic rings. The molecule has 0 amide bonds. The van der Waals surface area contributed by atoms with Crippen molar-refractivity contribution in [3.8, 4) is 5.75 Å². The van der Waals surface area contributed by atoms with Gasteiger partial charge >= 0.3 is 0 Å². The van der Waals surface area contributed by atoms with Crippen molar-refractivity contribution < 1.29 is 9.53 Å². The monoisotopic (exact) mass is 287 g/mol. The molecule has 0 N–H and O–H groups in total. The fourth-order valence-corrected chi connectivity index (χ4v) is 4.01. The lowest BCUT2D eigenvalue weighted by molar-refractivity contribution is -0.125. The number of piperidine rings is 2. The van der Waals surface area contributed by atoms with Gasteiger partial charge in [0.1, 0.15) is 11.5 Å². The Kier molecular flexibility index (Phi) is 4.29. The summed E-state index contributed by atoms with van der Waals surface area (Å²) in [6, 6.07) is 9.14.